The fraction of sp³-hybridized carbons (Fsp3) is 0.581. The first kappa shape index (κ1) is 21.0. The zero-order valence-electron chi connectivity index (χ0n) is 20.8. The number of carbonyl (C=O) groups is 1. The van der Waals surface area contributed by atoms with E-state index in [1.54, 1.807) is 18.2 Å². The average molecular weight is 456 g/mol. The number of fused-ring (bicyclic) bond motifs is 11. The molecule has 3 heteroatoms. The number of ether oxygens (including phenoxy) is 1. The first-order chi connectivity index (χ1) is 16.4. The Kier molecular flexibility index (Phi) is 4.40. The second kappa shape index (κ2) is 7.12. The lowest BCUT2D eigenvalue weighted by Gasteiger charge is -2.60. The Morgan fingerprint density at radius 2 is 1.82 bits per heavy atom. The summed E-state index contributed by atoms with van der Waals surface area (Å²) in [5.74, 6) is 3.00. The fourth-order valence-corrected chi connectivity index (χ4v) is 9.48. The van der Waals surface area contributed by atoms with Crippen LogP contribution < -0.4 is 0 Å². The van der Waals surface area contributed by atoms with E-state index in [0.717, 1.165) is 30.6 Å². The predicted molar refractivity (Wildman–Crippen MR) is 137 cm³/mol. The lowest BCUT2D eigenvalue weighted by atomic mass is 9.45. The van der Waals surface area contributed by atoms with Crippen molar-refractivity contribution in [3.8, 4) is 0 Å². The average Bonchev–Trinajstić information content (AvgIpc) is 3.34. The van der Waals surface area contributed by atoms with Crippen LogP contribution >= 0.6 is 0 Å². The van der Waals surface area contributed by atoms with E-state index in [1.165, 1.54) is 60.2 Å². The molecular formula is C31H37NO2. The van der Waals surface area contributed by atoms with Gasteiger partial charge in [0.2, 0.25) is 0 Å². The molecule has 7 rings (SSSR count). The summed E-state index contributed by atoms with van der Waals surface area (Å²) >= 11 is 0. The third-order valence-electron chi connectivity index (χ3n) is 11.1. The molecule has 0 amide bonds. The molecule has 4 aliphatic carbocycles. The summed E-state index contributed by atoms with van der Waals surface area (Å²) in [5, 5.41) is 4.15. The Hall–Kier alpha value is -2.29. The van der Waals surface area contributed by atoms with E-state index in [0.29, 0.717) is 11.3 Å². The van der Waals surface area contributed by atoms with Crippen LogP contribution in [0, 0.1) is 29.1 Å². The highest BCUT2D eigenvalue weighted by Crippen LogP contribution is 2.66. The largest absolute Gasteiger partial charge is 0.463 e. The van der Waals surface area contributed by atoms with Crippen molar-refractivity contribution in [2.45, 2.75) is 83.7 Å². The van der Waals surface area contributed by atoms with Gasteiger partial charge in [-0.3, -0.25) is 4.79 Å². The lowest BCUT2D eigenvalue weighted by Crippen LogP contribution is -2.54. The Labute approximate surface area is 202 Å². The molecule has 178 valence electrons. The van der Waals surface area contributed by atoms with Gasteiger partial charge in [-0.15, -0.1) is 0 Å². The van der Waals surface area contributed by atoms with Crippen LogP contribution in [0.4, 0.5) is 0 Å². The van der Waals surface area contributed by atoms with E-state index < -0.39 is 0 Å². The van der Waals surface area contributed by atoms with Crippen LogP contribution in [0.15, 0.2) is 36.4 Å². The van der Waals surface area contributed by atoms with E-state index in [1.807, 2.05) is 0 Å². The first-order valence-corrected chi connectivity index (χ1v) is 13.6. The minimum atomic E-state index is -0.108. The van der Waals surface area contributed by atoms with Gasteiger partial charge < -0.3 is 9.72 Å². The van der Waals surface area contributed by atoms with Crippen molar-refractivity contribution in [2.75, 3.05) is 0 Å². The highest BCUT2D eigenvalue weighted by atomic mass is 16.5. The van der Waals surface area contributed by atoms with Gasteiger partial charge in [0.05, 0.1) is 5.52 Å². The monoisotopic (exact) mass is 455 g/mol. The number of H-pyrrole nitrogens is 1. The van der Waals surface area contributed by atoms with Crippen molar-refractivity contribution in [3.63, 3.8) is 0 Å². The molecule has 0 saturated heterocycles. The maximum Gasteiger partial charge on any atom is 0.302 e. The zero-order valence-corrected chi connectivity index (χ0v) is 20.8. The van der Waals surface area contributed by atoms with Gasteiger partial charge in [0.15, 0.2) is 0 Å². The van der Waals surface area contributed by atoms with Crippen molar-refractivity contribution in [1.29, 1.82) is 0 Å². The number of aromatic nitrogens is 1. The Morgan fingerprint density at radius 3 is 2.68 bits per heavy atom. The highest BCUT2D eigenvalue weighted by molar-refractivity contribution is 6.07. The smallest absolute Gasteiger partial charge is 0.302 e. The van der Waals surface area contributed by atoms with Gasteiger partial charge in [-0.25, -0.2) is 0 Å². The summed E-state index contributed by atoms with van der Waals surface area (Å²) in [6.45, 7) is 6.73. The maximum absolute atomic E-state index is 11.6. The number of esters is 1. The van der Waals surface area contributed by atoms with Crippen LogP contribution in [0.25, 0.3) is 21.7 Å². The minimum absolute atomic E-state index is 0.108. The molecule has 2 aromatic carbocycles. The SMILES string of the molecule is CC(=O)OC1CCC2(C)C(CCC3C4Cc5c([nH]c6c5ccc5ccccc56)C4(C)CCC32)C1. The normalized spacial score (nSPS) is 38.7. The molecule has 7 atom stereocenters. The molecule has 1 heterocycles. The standard InChI is InChI=1S/C31H37NO2/c1-18(33)34-21-12-14-30(2)20(16-21)9-11-24-26(30)13-15-31(3)27(24)17-25-23-10-8-19-6-4-5-7-22(19)28(23)32-29(25)31/h4-8,10,20-21,24,26-27,32H,9,11-17H2,1-3H3. The van der Waals surface area contributed by atoms with Crippen LogP contribution in [-0.4, -0.2) is 17.1 Å². The second-order valence-corrected chi connectivity index (χ2v) is 12.5. The van der Waals surface area contributed by atoms with Crippen molar-refractivity contribution in [2.24, 2.45) is 29.1 Å². The fourth-order valence-electron chi connectivity index (χ4n) is 9.48. The summed E-state index contributed by atoms with van der Waals surface area (Å²) in [7, 11) is 0. The van der Waals surface area contributed by atoms with Gasteiger partial charge in [-0.1, -0.05) is 50.2 Å². The number of hydrogen-bond donors (Lipinski definition) is 1. The first-order valence-electron chi connectivity index (χ1n) is 13.6. The second-order valence-electron chi connectivity index (χ2n) is 12.5. The van der Waals surface area contributed by atoms with Crippen LogP contribution in [0.2, 0.25) is 0 Å². The van der Waals surface area contributed by atoms with Crippen LogP contribution in [0.5, 0.6) is 0 Å². The van der Waals surface area contributed by atoms with Crippen molar-refractivity contribution >= 4 is 27.6 Å². The molecule has 0 bridgehead atoms. The van der Waals surface area contributed by atoms with Crippen molar-refractivity contribution in [1.82, 2.24) is 4.98 Å². The molecule has 34 heavy (non-hydrogen) atoms. The van der Waals surface area contributed by atoms with Gasteiger partial charge in [0.25, 0.3) is 0 Å². The van der Waals surface area contributed by atoms with Gasteiger partial charge in [-0.05, 0) is 91.4 Å². The molecule has 3 saturated carbocycles. The Morgan fingerprint density at radius 1 is 0.971 bits per heavy atom. The van der Waals surface area contributed by atoms with Gasteiger partial charge in [0.1, 0.15) is 6.10 Å². The third-order valence-corrected chi connectivity index (χ3v) is 11.1. The van der Waals surface area contributed by atoms with Gasteiger partial charge >= 0.3 is 5.97 Å². The molecule has 1 N–H and O–H groups in total. The molecule has 3 nitrogen and oxygen atoms in total. The Bertz CT molecular complexity index is 1310. The minimum Gasteiger partial charge on any atom is -0.463 e. The third kappa shape index (κ3) is 2.73. The molecule has 1 aromatic heterocycles. The topological polar surface area (TPSA) is 42.1 Å². The van der Waals surface area contributed by atoms with Crippen molar-refractivity contribution < 1.29 is 9.53 Å². The highest BCUT2D eigenvalue weighted by Gasteiger charge is 2.60. The van der Waals surface area contributed by atoms with E-state index in [4.69, 9.17) is 4.74 Å². The molecule has 0 radical (unpaired) electrons. The number of benzene rings is 2. The van der Waals surface area contributed by atoms with E-state index in [9.17, 15) is 4.79 Å². The van der Waals surface area contributed by atoms with E-state index >= 15 is 0 Å². The Balaban J connectivity index is 1.22. The number of nitrogens with one attached hydrogen (secondary N) is 1. The quantitative estimate of drug-likeness (QED) is 0.391. The molecular weight excluding hydrogens is 418 g/mol. The molecule has 0 aliphatic heterocycles. The zero-order chi connectivity index (χ0) is 23.2. The number of hydrogen-bond acceptors (Lipinski definition) is 2. The lowest BCUT2D eigenvalue weighted by molar-refractivity contribution is -0.157. The maximum atomic E-state index is 11.6. The van der Waals surface area contributed by atoms with Gasteiger partial charge in [-0.2, -0.15) is 0 Å². The molecule has 4 aliphatic rings. The van der Waals surface area contributed by atoms with E-state index in [2.05, 4.69) is 55.2 Å². The molecule has 3 fully saturated rings. The van der Waals surface area contributed by atoms with Crippen molar-refractivity contribution in [3.05, 3.63) is 47.7 Å². The summed E-state index contributed by atoms with van der Waals surface area (Å²) < 4.78 is 5.67. The van der Waals surface area contributed by atoms with E-state index in [-0.39, 0.29) is 17.5 Å². The summed E-state index contributed by atoms with van der Waals surface area (Å²) in [6, 6.07) is 13.5. The van der Waals surface area contributed by atoms with Crippen LogP contribution in [-0.2, 0) is 21.4 Å². The summed E-state index contributed by atoms with van der Waals surface area (Å²) in [6.07, 6.45) is 10.0. The summed E-state index contributed by atoms with van der Waals surface area (Å²) in [4.78, 5) is 15.6. The number of carbonyl (C=O) groups excluding carboxylic acids is 1. The summed E-state index contributed by atoms with van der Waals surface area (Å²) in [5.41, 5.74) is 5.20. The molecule has 7 unspecified atom stereocenters. The number of rotatable bonds is 1. The molecule has 0 spiro atoms. The molecule has 3 aromatic rings. The number of aromatic amines is 1. The predicted octanol–water partition coefficient (Wildman–Crippen LogP) is 7.31. The van der Waals surface area contributed by atoms with Crippen LogP contribution in [0.1, 0.15) is 77.0 Å². The van der Waals surface area contributed by atoms with Crippen LogP contribution in [0.3, 0.4) is 0 Å². The van der Waals surface area contributed by atoms with Gasteiger partial charge in [0, 0.05) is 28.8 Å².